The molecule has 1 aromatic carbocycles. The number of thiophene rings is 1. The van der Waals surface area contributed by atoms with Crippen LogP contribution in [0.1, 0.15) is 27.0 Å². The van der Waals surface area contributed by atoms with Crippen molar-refractivity contribution in [1.29, 1.82) is 0 Å². The lowest BCUT2D eigenvalue weighted by Gasteiger charge is -2.07. The zero-order chi connectivity index (χ0) is 11.8. The van der Waals surface area contributed by atoms with E-state index in [0.717, 1.165) is 24.0 Å². The Morgan fingerprint density at radius 1 is 1.18 bits per heavy atom. The van der Waals surface area contributed by atoms with E-state index in [1.54, 1.807) is 11.3 Å². The second kappa shape index (κ2) is 4.11. The van der Waals surface area contributed by atoms with Gasteiger partial charge in [0.1, 0.15) is 0 Å². The van der Waals surface area contributed by atoms with Gasteiger partial charge in [-0.05, 0) is 41.8 Å². The molecule has 0 atom stereocenters. The van der Waals surface area contributed by atoms with Gasteiger partial charge in [-0.3, -0.25) is 4.79 Å². The van der Waals surface area contributed by atoms with Crippen molar-refractivity contribution in [3.63, 3.8) is 0 Å². The summed E-state index contributed by atoms with van der Waals surface area (Å²) < 4.78 is 0. The Morgan fingerprint density at radius 3 is 2.35 bits per heavy atom. The summed E-state index contributed by atoms with van der Waals surface area (Å²) in [6.45, 7) is 2.02. The molecular formula is C15H14OS. The van der Waals surface area contributed by atoms with Gasteiger partial charge in [0.2, 0.25) is 0 Å². The summed E-state index contributed by atoms with van der Waals surface area (Å²) in [5, 5.41) is 4.04. The van der Waals surface area contributed by atoms with Crippen LogP contribution in [0.4, 0.5) is 0 Å². The summed E-state index contributed by atoms with van der Waals surface area (Å²) >= 11 is 1.62. The molecule has 1 heterocycles. The Kier molecular flexibility index (Phi) is 2.60. The highest BCUT2D eigenvalue weighted by molar-refractivity contribution is 7.08. The number of hydrogen-bond donors (Lipinski definition) is 0. The Labute approximate surface area is 105 Å². The van der Waals surface area contributed by atoms with Gasteiger partial charge in [-0.1, -0.05) is 24.3 Å². The van der Waals surface area contributed by atoms with Gasteiger partial charge in [0.15, 0.2) is 5.78 Å². The zero-order valence-electron chi connectivity index (χ0n) is 9.77. The fourth-order valence-electron chi connectivity index (χ4n) is 2.58. The molecule has 0 unspecified atom stereocenters. The number of aryl methyl sites for hydroxylation is 1. The minimum absolute atomic E-state index is 0.153. The number of rotatable bonds is 2. The standard InChI is InChI=1S/C15H14OS/c1-10-8-17-9-14(10)15(16)13-6-11-4-2-3-5-12(11)7-13/h2-5,8-9,13H,6-7H2,1H3. The Morgan fingerprint density at radius 2 is 1.82 bits per heavy atom. The molecule has 0 saturated heterocycles. The summed E-state index contributed by atoms with van der Waals surface area (Å²) in [5.74, 6) is 0.473. The van der Waals surface area contributed by atoms with Crippen LogP contribution in [-0.4, -0.2) is 5.78 Å². The molecule has 0 fully saturated rings. The fraction of sp³-hybridized carbons (Fsp3) is 0.267. The van der Waals surface area contributed by atoms with Gasteiger partial charge in [0.25, 0.3) is 0 Å². The van der Waals surface area contributed by atoms with E-state index in [2.05, 4.69) is 29.6 Å². The molecule has 2 aromatic rings. The molecule has 3 rings (SSSR count). The molecule has 0 radical (unpaired) electrons. The monoisotopic (exact) mass is 242 g/mol. The molecule has 0 spiro atoms. The fourth-order valence-corrected chi connectivity index (χ4v) is 3.41. The Bertz CT molecular complexity index is 543. The average Bonchev–Trinajstić information content (AvgIpc) is 2.93. The first-order chi connectivity index (χ1) is 8.25. The summed E-state index contributed by atoms with van der Waals surface area (Å²) in [5.41, 5.74) is 4.74. The van der Waals surface area contributed by atoms with Crippen molar-refractivity contribution in [3.8, 4) is 0 Å². The molecule has 1 aromatic heterocycles. The van der Waals surface area contributed by atoms with Crippen molar-refractivity contribution in [2.75, 3.05) is 0 Å². The van der Waals surface area contributed by atoms with Crippen LogP contribution in [-0.2, 0) is 12.8 Å². The van der Waals surface area contributed by atoms with E-state index in [-0.39, 0.29) is 5.92 Å². The minimum Gasteiger partial charge on any atom is -0.294 e. The highest BCUT2D eigenvalue weighted by atomic mass is 32.1. The van der Waals surface area contributed by atoms with Crippen LogP contribution in [0.2, 0.25) is 0 Å². The topological polar surface area (TPSA) is 17.1 Å². The molecule has 86 valence electrons. The molecule has 0 bridgehead atoms. The first-order valence-corrected chi connectivity index (χ1v) is 6.84. The molecule has 1 nitrogen and oxygen atoms in total. The van der Waals surface area contributed by atoms with Gasteiger partial charge in [0.05, 0.1) is 0 Å². The number of carbonyl (C=O) groups is 1. The third-order valence-electron chi connectivity index (χ3n) is 3.54. The van der Waals surface area contributed by atoms with E-state index in [1.807, 2.05) is 12.3 Å². The molecule has 1 aliphatic carbocycles. The average molecular weight is 242 g/mol. The highest BCUT2D eigenvalue weighted by Crippen LogP contribution is 2.30. The minimum atomic E-state index is 0.153. The summed E-state index contributed by atoms with van der Waals surface area (Å²) in [6.07, 6.45) is 1.81. The van der Waals surface area contributed by atoms with Gasteiger partial charge in [0, 0.05) is 16.9 Å². The highest BCUT2D eigenvalue weighted by Gasteiger charge is 2.28. The lowest BCUT2D eigenvalue weighted by molar-refractivity contribution is 0.0924. The molecule has 2 heteroatoms. The smallest absolute Gasteiger partial charge is 0.167 e. The number of Topliss-reactive ketones (excluding diaryl/α,β-unsaturated/α-hetero) is 1. The van der Waals surface area contributed by atoms with E-state index in [4.69, 9.17) is 0 Å². The molecule has 17 heavy (non-hydrogen) atoms. The molecular weight excluding hydrogens is 228 g/mol. The van der Waals surface area contributed by atoms with Crippen molar-refractivity contribution in [2.24, 2.45) is 5.92 Å². The zero-order valence-corrected chi connectivity index (χ0v) is 10.6. The SMILES string of the molecule is Cc1cscc1C(=O)C1Cc2ccccc2C1. The third kappa shape index (κ3) is 1.83. The van der Waals surface area contributed by atoms with Crippen molar-refractivity contribution >= 4 is 17.1 Å². The third-order valence-corrected chi connectivity index (χ3v) is 4.40. The van der Waals surface area contributed by atoms with Gasteiger partial charge in [-0.2, -0.15) is 11.3 Å². The quantitative estimate of drug-likeness (QED) is 0.735. The summed E-state index contributed by atoms with van der Waals surface area (Å²) in [7, 11) is 0. The van der Waals surface area contributed by atoms with Crippen molar-refractivity contribution in [2.45, 2.75) is 19.8 Å². The predicted octanol–water partition coefficient (Wildman–Crippen LogP) is 3.65. The predicted molar refractivity (Wildman–Crippen MR) is 70.7 cm³/mol. The van der Waals surface area contributed by atoms with Crippen molar-refractivity contribution in [3.05, 3.63) is 57.3 Å². The van der Waals surface area contributed by atoms with E-state index in [0.29, 0.717) is 5.78 Å². The van der Waals surface area contributed by atoms with Crippen LogP contribution < -0.4 is 0 Å². The molecule has 0 N–H and O–H groups in total. The lowest BCUT2D eigenvalue weighted by Crippen LogP contribution is -2.15. The largest absolute Gasteiger partial charge is 0.294 e. The molecule has 0 saturated carbocycles. The maximum atomic E-state index is 12.4. The van der Waals surface area contributed by atoms with E-state index in [1.165, 1.54) is 11.1 Å². The first-order valence-electron chi connectivity index (χ1n) is 5.89. The van der Waals surface area contributed by atoms with Crippen LogP contribution in [0.5, 0.6) is 0 Å². The van der Waals surface area contributed by atoms with Crippen LogP contribution >= 0.6 is 11.3 Å². The Balaban J connectivity index is 1.86. The van der Waals surface area contributed by atoms with Crippen LogP contribution in [0, 0.1) is 12.8 Å². The van der Waals surface area contributed by atoms with Crippen LogP contribution in [0.3, 0.4) is 0 Å². The number of fused-ring (bicyclic) bond motifs is 1. The van der Waals surface area contributed by atoms with E-state index >= 15 is 0 Å². The lowest BCUT2D eigenvalue weighted by atomic mass is 9.95. The van der Waals surface area contributed by atoms with Gasteiger partial charge >= 0.3 is 0 Å². The van der Waals surface area contributed by atoms with Gasteiger partial charge < -0.3 is 0 Å². The van der Waals surface area contributed by atoms with E-state index < -0.39 is 0 Å². The second-order valence-electron chi connectivity index (χ2n) is 4.71. The normalized spacial score (nSPS) is 14.9. The van der Waals surface area contributed by atoms with Crippen molar-refractivity contribution < 1.29 is 4.79 Å². The van der Waals surface area contributed by atoms with Crippen LogP contribution in [0.25, 0.3) is 0 Å². The Hall–Kier alpha value is -1.41. The van der Waals surface area contributed by atoms with Gasteiger partial charge in [-0.25, -0.2) is 0 Å². The molecule has 0 amide bonds. The number of carbonyl (C=O) groups excluding carboxylic acids is 1. The number of hydrogen-bond acceptors (Lipinski definition) is 2. The van der Waals surface area contributed by atoms with Crippen LogP contribution in [0.15, 0.2) is 35.0 Å². The first kappa shape index (κ1) is 10.7. The summed E-state index contributed by atoms with van der Waals surface area (Å²) in [4.78, 5) is 12.4. The second-order valence-corrected chi connectivity index (χ2v) is 5.45. The molecule has 1 aliphatic rings. The summed E-state index contributed by atoms with van der Waals surface area (Å²) in [6, 6.07) is 8.40. The number of benzene rings is 1. The molecule has 0 aliphatic heterocycles. The van der Waals surface area contributed by atoms with E-state index in [9.17, 15) is 4.79 Å². The maximum Gasteiger partial charge on any atom is 0.167 e. The maximum absolute atomic E-state index is 12.4. The van der Waals surface area contributed by atoms with Crippen molar-refractivity contribution in [1.82, 2.24) is 0 Å². The van der Waals surface area contributed by atoms with Gasteiger partial charge in [-0.15, -0.1) is 0 Å². The number of ketones is 1.